The van der Waals surface area contributed by atoms with Crippen LogP contribution in [0.15, 0.2) is 29.8 Å². The van der Waals surface area contributed by atoms with Crippen molar-refractivity contribution in [1.29, 1.82) is 0 Å². The Labute approximate surface area is 135 Å². The molecule has 6 nitrogen and oxygen atoms in total. The summed E-state index contributed by atoms with van der Waals surface area (Å²) in [5.41, 5.74) is -0.477. The van der Waals surface area contributed by atoms with Crippen molar-refractivity contribution in [2.24, 2.45) is 0 Å². The molecule has 0 bridgehead atoms. The molecule has 23 heavy (non-hydrogen) atoms. The van der Waals surface area contributed by atoms with E-state index in [1.54, 1.807) is 39.0 Å². The minimum atomic E-state index is -1.86. The molecule has 1 rings (SSSR count). The fraction of sp³-hybridized carbons (Fsp3) is 0.412. The lowest BCUT2D eigenvalue weighted by Crippen LogP contribution is -2.37. The average molecular weight is 322 g/mol. The Kier molecular flexibility index (Phi) is 6.48. The minimum Gasteiger partial charge on any atom is -0.462 e. The van der Waals surface area contributed by atoms with Crippen molar-refractivity contribution in [1.82, 2.24) is 0 Å². The quantitative estimate of drug-likeness (QED) is 0.469. The summed E-state index contributed by atoms with van der Waals surface area (Å²) in [6, 6.07) is 4.80. The zero-order chi connectivity index (χ0) is 17.6. The molecule has 1 atom stereocenters. The number of carbonyl (C=O) groups is 2. The summed E-state index contributed by atoms with van der Waals surface area (Å²) < 4.78 is 10.1. The Hall–Kier alpha value is -2.18. The summed E-state index contributed by atoms with van der Waals surface area (Å²) in [6.07, 6.45) is 1.61. The van der Waals surface area contributed by atoms with E-state index in [4.69, 9.17) is 9.47 Å². The van der Waals surface area contributed by atoms with E-state index in [1.807, 2.05) is 0 Å². The predicted octanol–water partition coefficient (Wildman–Crippen LogP) is 1.61. The first-order valence-corrected chi connectivity index (χ1v) is 7.16. The molecular formula is C17H22O6. The molecule has 1 unspecified atom stereocenters. The van der Waals surface area contributed by atoms with Crippen LogP contribution in [0.5, 0.6) is 5.75 Å². The maximum absolute atomic E-state index is 12.0. The fourth-order valence-electron chi connectivity index (χ4n) is 1.83. The standard InChI is InChI=1S/C17H22O6/c1-5-12(3)16(20)23-15-8-11(2)6-7-14(15)17(21,9-18)10-22-13(4)19/h5-8,18,21H,9-10H2,1-4H3/b12-5-. The normalized spacial score (nSPS) is 14.1. The largest absolute Gasteiger partial charge is 0.462 e. The lowest BCUT2D eigenvalue weighted by Gasteiger charge is -2.27. The number of benzene rings is 1. The smallest absolute Gasteiger partial charge is 0.338 e. The van der Waals surface area contributed by atoms with Gasteiger partial charge in [-0.15, -0.1) is 0 Å². The molecule has 6 heteroatoms. The maximum atomic E-state index is 12.0. The lowest BCUT2D eigenvalue weighted by atomic mass is 9.93. The maximum Gasteiger partial charge on any atom is 0.338 e. The second kappa shape index (κ2) is 7.89. The van der Waals surface area contributed by atoms with Gasteiger partial charge in [0.05, 0.1) is 6.61 Å². The number of aryl methyl sites for hydroxylation is 1. The van der Waals surface area contributed by atoms with Crippen LogP contribution in [-0.4, -0.2) is 35.4 Å². The molecule has 0 aromatic heterocycles. The van der Waals surface area contributed by atoms with E-state index in [1.165, 1.54) is 13.0 Å². The highest BCUT2D eigenvalue weighted by molar-refractivity contribution is 5.89. The van der Waals surface area contributed by atoms with Gasteiger partial charge >= 0.3 is 11.9 Å². The van der Waals surface area contributed by atoms with E-state index in [-0.39, 0.29) is 11.3 Å². The summed E-state index contributed by atoms with van der Waals surface area (Å²) in [6.45, 7) is 5.16. The average Bonchev–Trinajstić information content (AvgIpc) is 2.51. The van der Waals surface area contributed by atoms with Crippen molar-refractivity contribution in [3.63, 3.8) is 0 Å². The summed E-state index contributed by atoms with van der Waals surface area (Å²) >= 11 is 0. The van der Waals surface area contributed by atoms with Crippen molar-refractivity contribution < 1.29 is 29.3 Å². The zero-order valence-corrected chi connectivity index (χ0v) is 13.8. The number of ether oxygens (including phenoxy) is 2. The van der Waals surface area contributed by atoms with E-state index in [0.717, 1.165) is 5.56 Å². The van der Waals surface area contributed by atoms with Crippen LogP contribution in [0.25, 0.3) is 0 Å². The van der Waals surface area contributed by atoms with Crippen LogP contribution < -0.4 is 4.74 Å². The van der Waals surface area contributed by atoms with Gasteiger partial charge in [0, 0.05) is 18.1 Å². The molecular weight excluding hydrogens is 300 g/mol. The number of rotatable bonds is 6. The molecule has 0 aliphatic carbocycles. The minimum absolute atomic E-state index is 0.111. The van der Waals surface area contributed by atoms with Gasteiger partial charge in [0.15, 0.2) is 5.60 Å². The second-order valence-corrected chi connectivity index (χ2v) is 5.33. The molecule has 0 radical (unpaired) electrons. The van der Waals surface area contributed by atoms with Gasteiger partial charge < -0.3 is 19.7 Å². The predicted molar refractivity (Wildman–Crippen MR) is 83.9 cm³/mol. The lowest BCUT2D eigenvalue weighted by molar-refractivity contribution is -0.152. The molecule has 0 aliphatic heterocycles. The number of hydrogen-bond donors (Lipinski definition) is 2. The van der Waals surface area contributed by atoms with Gasteiger partial charge in [-0.05, 0) is 32.4 Å². The third-order valence-corrected chi connectivity index (χ3v) is 3.37. The first-order valence-electron chi connectivity index (χ1n) is 7.16. The number of carbonyl (C=O) groups excluding carboxylic acids is 2. The van der Waals surface area contributed by atoms with Crippen LogP contribution in [0.4, 0.5) is 0 Å². The molecule has 0 amide bonds. The van der Waals surface area contributed by atoms with Crippen LogP contribution in [0, 0.1) is 6.92 Å². The molecule has 0 aliphatic rings. The fourth-order valence-corrected chi connectivity index (χ4v) is 1.83. The summed E-state index contributed by atoms with van der Waals surface area (Å²) in [5.74, 6) is -1.04. The van der Waals surface area contributed by atoms with Gasteiger partial charge in [-0.25, -0.2) is 4.79 Å². The summed E-state index contributed by atoms with van der Waals surface area (Å²) in [4.78, 5) is 22.9. The summed E-state index contributed by atoms with van der Waals surface area (Å²) in [7, 11) is 0. The topological polar surface area (TPSA) is 93.1 Å². The number of aliphatic hydroxyl groups is 2. The van der Waals surface area contributed by atoms with E-state index in [0.29, 0.717) is 5.57 Å². The number of allylic oxidation sites excluding steroid dienone is 1. The van der Waals surface area contributed by atoms with E-state index < -0.39 is 30.8 Å². The van der Waals surface area contributed by atoms with Crippen molar-refractivity contribution in [3.05, 3.63) is 41.0 Å². The highest BCUT2D eigenvalue weighted by atomic mass is 16.5. The molecule has 0 heterocycles. The van der Waals surface area contributed by atoms with E-state index >= 15 is 0 Å². The van der Waals surface area contributed by atoms with Crippen molar-refractivity contribution in [2.45, 2.75) is 33.3 Å². The molecule has 1 aromatic carbocycles. The van der Waals surface area contributed by atoms with Crippen LogP contribution in [0.3, 0.4) is 0 Å². The Morgan fingerprint density at radius 1 is 1.30 bits per heavy atom. The highest BCUT2D eigenvalue weighted by Gasteiger charge is 2.34. The third-order valence-electron chi connectivity index (χ3n) is 3.37. The number of esters is 2. The van der Waals surface area contributed by atoms with Crippen LogP contribution in [0.1, 0.15) is 31.9 Å². The molecule has 2 N–H and O–H groups in total. The van der Waals surface area contributed by atoms with E-state index in [2.05, 4.69) is 0 Å². The van der Waals surface area contributed by atoms with Gasteiger partial charge in [0.1, 0.15) is 12.4 Å². The monoisotopic (exact) mass is 322 g/mol. The molecule has 1 aromatic rings. The van der Waals surface area contributed by atoms with Gasteiger partial charge in [-0.1, -0.05) is 18.2 Å². The highest BCUT2D eigenvalue weighted by Crippen LogP contribution is 2.32. The molecule has 0 saturated carbocycles. The Morgan fingerprint density at radius 2 is 1.96 bits per heavy atom. The Bertz CT molecular complexity index is 620. The number of hydrogen-bond acceptors (Lipinski definition) is 6. The summed E-state index contributed by atoms with van der Waals surface area (Å²) in [5, 5.41) is 20.1. The van der Waals surface area contributed by atoms with Crippen LogP contribution in [-0.2, 0) is 19.9 Å². The Morgan fingerprint density at radius 3 is 2.48 bits per heavy atom. The SMILES string of the molecule is C/C=C(/C)C(=O)Oc1cc(C)ccc1C(O)(CO)COC(C)=O. The van der Waals surface area contributed by atoms with Crippen LogP contribution >= 0.6 is 0 Å². The van der Waals surface area contributed by atoms with Crippen LogP contribution in [0.2, 0.25) is 0 Å². The molecule has 0 fully saturated rings. The second-order valence-electron chi connectivity index (χ2n) is 5.33. The van der Waals surface area contributed by atoms with Crippen molar-refractivity contribution in [2.75, 3.05) is 13.2 Å². The van der Waals surface area contributed by atoms with Gasteiger partial charge in [-0.2, -0.15) is 0 Å². The zero-order valence-electron chi connectivity index (χ0n) is 13.8. The van der Waals surface area contributed by atoms with Gasteiger partial charge in [0.2, 0.25) is 0 Å². The Balaban J connectivity index is 3.23. The molecule has 0 saturated heterocycles. The number of aliphatic hydroxyl groups excluding tert-OH is 1. The van der Waals surface area contributed by atoms with E-state index in [9.17, 15) is 19.8 Å². The first-order chi connectivity index (χ1) is 10.7. The van der Waals surface area contributed by atoms with Gasteiger partial charge in [-0.3, -0.25) is 4.79 Å². The first kappa shape index (κ1) is 18.9. The van der Waals surface area contributed by atoms with Crippen molar-refractivity contribution in [3.8, 4) is 5.75 Å². The molecule has 126 valence electrons. The van der Waals surface area contributed by atoms with Gasteiger partial charge in [0.25, 0.3) is 0 Å². The van der Waals surface area contributed by atoms with Crippen molar-refractivity contribution >= 4 is 11.9 Å². The molecule has 0 spiro atoms. The third kappa shape index (κ3) is 4.91.